The lowest BCUT2D eigenvalue weighted by Gasteiger charge is -2.08. The topological polar surface area (TPSA) is 55.4 Å². The Bertz CT molecular complexity index is 515. The Labute approximate surface area is 120 Å². The molecule has 102 valence electrons. The van der Waals surface area contributed by atoms with Gasteiger partial charge >= 0.3 is 5.97 Å². The summed E-state index contributed by atoms with van der Waals surface area (Å²) < 4.78 is 5.74. The quantitative estimate of drug-likeness (QED) is 0.866. The number of esters is 1. The number of carbonyl (C=O) groups excluding carboxylic acids is 2. The molecule has 1 fully saturated rings. The molecule has 19 heavy (non-hydrogen) atoms. The standard InChI is InChI=1S/C14H16BrNO3/c1-3-19-14(18)10-7-9(10)13(17)16-12-6-8(2)4-5-11(12)15/h4-6,9-10H,3,7H2,1-2H3,(H,16,17)/t9-,10-/m0/s1. The second-order valence-corrected chi connectivity index (χ2v) is 5.53. The average Bonchev–Trinajstić information content (AvgIpc) is 3.14. The molecule has 0 bridgehead atoms. The van der Waals surface area contributed by atoms with Crippen LogP contribution in [0.2, 0.25) is 0 Å². The highest BCUT2D eigenvalue weighted by Gasteiger charge is 2.49. The van der Waals surface area contributed by atoms with Crippen LogP contribution in [-0.2, 0) is 14.3 Å². The maximum absolute atomic E-state index is 12.0. The molecule has 1 aliphatic carbocycles. The van der Waals surface area contributed by atoms with Crippen LogP contribution in [0.1, 0.15) is 18.9 Å². The molecule has 1 N–H and O–H groups in total. The van der Waals surface area contributed by atoms with Gasteiger partial charge in [-0.2, -0.15) is 0 Å². The van der Waals surface area contributed by atoms with E-state index in [0.29, 0.717) is 13.0 Å². The minimum absolute atomic E-state index is 0.121. The van der Waals surface area contributed by atoms with Crippen molar-refractivity contribution >= 4 is 33.5 Å². The van der Waals surface area contributed by atoms with Crippen molar-refractivity contribution in [1.29, 1.82) is 0 Å². The van der Waals surface area contributed by atoms with E-state index in [2.05, 4.69) is 21.2 Å². The van der Waals surface area contributed by atoms with Gasteiger partial charge in [-0.25, -0.2) is 0 Å². The Morgan fingerprint density at radius 1 is 1.42 bits per heavy atom. The number of hydrogen-bond acceptors (Lipinski definition) is 3. The van der Waals surface area contributed by atoms with Gasteiger partial charge < -0.3 is 10.1 Å². The summed E-state index contributed by atoms with van der Waals surface area (Å²) in [7, 11) is 0. The van der Waals surface area contributed by atoms with E-state index < -0.39 is 0 Å². The molecule has 2 atom stereocenters. The van der Waals surface area contributed by atoms with E-state index in [1.54, 1.807) is 6.92 Å². The highest BCUT2D eigenvalue weighted by molar-refractivity contribution is 9.10. The van der Waals surface area contributed by atoms with Gasteiger partial charge in [-0.05, 0) is 53.9 Å². The van der Waals surface area contributed by atoms with Gasteiger partial charge in [0.15, 0.2) is 0 Å². The summed E-state index contributed by atoms with van der Waals surface area (Å²) in [6.45, 7) is 4.08. The van der Waals surface area contributed by atoms with Crippen LogP contribution in [0.25, 0.3) is 0 Å². The summed E-state index contributed by atoms with van der Waals surface area (Å²) in [5, 5.41) is 2.85. The number of carbonyl (C=O) groups is 2. The van der Waals surface area contributed by atoms with Crippen molar-refractivity contribution in [2.24, 2.45) is 11.8 Å². The minimum atomic E-state index is -0.275. The van der Waals surface area contributed by atoms with Crippen molar-refractivity contribution < 1.29 is 14.3 Å². The van der Waals surface area contributed by atoms with Crippen LogP contribution in [0.15, 0.2) is 22.7 Å². The van der Waals surface area contributed by atoms with Crippen molar-refractivity contribution in [3.05, 3.63) is 28.2 Å². The average molecular weight is 326 g/mol. The fraction of sp³-hybridized carbons (Fsp3) is 0.429. The zero-order valence-corrected chi connectivity index (χ0v) is 12.5. The van der Waals surface area contributed by atoms with Gasteiger partial charge in [0.05, 0.1) is 24.1 Å². The summed E-state index contributed by atoms with van der Waals surface area (Å²) in [5.74, 6) is -0.926. The number of benzene rings is 1. The Kier molecular flexibility index (Phi) is 4.24. The molecule has 0 heterocycles. The van der Waals surface area contributed by atoms with Gasteiger partial charge in [0.2, 0.25) is 5.91 Å². The lowest BCUT2D eigenvalue weighted by Crippen LogP contribution is -2.18. The molecule has 1 saturated carbocycles. The van der Waals surface area contributed by atoms with Crippen molar-refractivity contribution in [3.63, 3.8) is 0 Å². The van der Waals surface area contributed by atoms with Crippen molar-refractivity contribution in [2.75, 3.05) is 11.9 Å². The van der Waals surface area contributed by atoms with E-state index >= 15 is 0 Å². The first-order chi connectivity index (χ1) is 9.02. The van der Waals surface area contributed by atoms with Crippen LogP contribution in [-0.4, -0.2) is 18.5 Å². The summed E-state index contributed by atoms with van der Waals surface area (Å²) >= 11 is 3.39. The number of halogens is 1. The molecule has 0 radical (unpaired) electrons. The van der Waals surface area contributed by atoms with Crippen molar-refractivity contribution in [3.8, 4) is 0 Å². The first-order valence-electron chi connectivity index (χ1n) is 6.26. The summed E-state index contributed by atoms with van der Waals surface area (Å²) in [4.78, 5) is 23.5. The van der Waals surface area contributed by atoms with E-state index in [1.165, 1.54) is 0 Å². The fourth-order valence-corrected chi connectivity index (χ4v) is 2.30. The summed E-state index contributed by atoms with van der Waals surface area (Å²) in [5.41, 5.74) is 1.80. The van der Waals surface area contributed by atoms with E-state index in [1.807, 2.05) is 25.1 Å². The molecule has 2 rings (SSSR count). The smallest absolute Gasteiger partial charge is 0.309 e. The third kappa shape index (κ3) is 3.35. The third-order valence-electron chi connectivity index (χ3n) is 3.10. The summed E-state index contributed by atoms with van der Waals surface area (Å²) in [6, 6.07) is 5.74. The first kappa shape index (κ1) is 14.1. The molecule has 5 heteroatoms. The molecule has 0 aromatic heterocycles. The molecule has 0 unspecified atom stereocenters. The van der Waals surface area contributed by atoms with Gasteiger partial charge in [-0.1, -0.05) is 6.07 Å². The highest BCUT2D eigenvalue weighted by Crippen LogP contribution is 2.40. The highest BCUT2D eigenvalue weighted by atomic mass is 79.9. The van der Waals surface area contributed by atoms with Crippen LogP contribution in [0.3, 0.4) is 0 Å². The van der Waals surface area contributed by atoms with Crippen LogP contribution >= 0.6 is 15.9 Å². The molecular formula is C14H16BrNO3. The molecule has 0 aliphatic heterocycles. The Hall–Kier alpha value is -1.36. The second-order valence-electron chi connectivity index (χ2n) is 4.67. The van der Waals surface area contributed by atoms with E-state index in [9.17, 15) is 9.59 Å². The maximum atomic E-state index is 12.0. The number of rotatable bonds is 4. The summed E-state index contributed by atoms with van der Waals surface area (Å²) in [6.07, 6.45) is 0.577. The van der Waals surface area contributed by atoms with Gasteiger partial charge in [0.1, 0.15) is 0 Å². The molecule has 1 aromatic rings. The van der Waals surface area contributed by atoms with Crippen LogP contribution in [0.4, 0.5) is 5.69 Å². The maximum Gasteiger partial charge on any atom is 0.309 e. The van der Waals surface area contributed by atoms with Gasteiger partial charge in [0.25, 0.3) is 0 Å². The lowest BCUT2D eigenvalue weighted by molar-refractivity contribution is -0.145. The minimum Gasteiger partial charge on any atom is -0.466 e. The molecule has 4 nitrogen and oxygen atoms in total. The zero-order chi connectivity index (χ0) is 14.0. The Morgan fingerprint density at radius 3 is 2.84 bits per heavy atom. The van der Waals surface area contributed by atoms with Crippen LogP contribution in [0, 0.1) is 18.8 Å². The largest absolute Gasteiger partial charge is 0.466 e. The van der Waals surface area contributed by atoms with Crippen LogP contribution < -0.4 is 5.32 Å². The monoisotopic (exact) mass is 325 g/mol. The number of ether oxygens (including phenoxy) is 1. The van der Waals surface area contributed by atoms with Crippen molar-refractivity contribution in [2.45, 2.75) is 20.3 Å². The zero-order valence-electron chi connectivity index (χ0n) is 10.9. The Morgan fingerprint density at radius 2 is 2.16 bits per heavy atom. The number of amides is 1. The van der Waals surface area contributed by atoms with E-state index in [4.69, 9.17) is 4.74 Å². The third-order valence-corrected chi connectivity index (χ3v) is 3.79. The number of anilines is 1. The second kappa shape index (κ2) is 5.74. The van der Waals surface area contributed by atoms with Crippen LogP contribution in [0.5, 0.6) is 0 Å². The molecule has 1 amide bonds. The molecule has 1 aliphatic rings. The SMILES string of the molecule is CCOC(=O)[C@H]1C[C@@H]1C(=O)Nc1cc(C)ccc1Br. The molecular weight excluding hydrogens is 310 g/mol. The molecule has 0 spiro atoms. The molecule has 0 saturated heterocycles. The molecule has 1 aromatic carbocycles. The van der Waals surface area contributed by atoms with Gasteiger partial charge in [-0.3, -0.25) is 9.59 Å². The number of aryl methyl sites for hydroxylation is 1. The van der Waals surface area contributed by atoms with Gasteiger partial charge in [0, 0.05) is 4.47 Å². The number of hydrogen-bond donors (Lipinski definition) is 1. The van der Waals surface area contributed by atoms with Crippen molar-refractivity contribution in [1.82, 2.24) is 0 Å². The predicted octanol–water partition coefficient (Wildman–Crippen LogP) is 2.90. The lowest BCUT2D eigenvalue weighted by atomic mass is 10.2. The Balaban J connectivity index is 1.96. The normalized spacial score (nSPS) is 20.8. The first-order valence-corrected chi connectivity index (χ1v) is 7.06. The van der Waals surface area contributed by atoms with E-state index in [0.717, 1.165) is 15.7 Å². The van der Waals surface area contributed by atoms with Gasteiger partial charge in [-0.15, -0.1) is 0 Å². The number of nitrogens with one attached hydrogen (secondary N) is 1. The van der Waals surface area contributed by atoms with E-state index in [-0.39, 0.29) is 23.7 Å². The fourth-order valence-electron chi connectivity index (χ4n) is 1.95. The predicted molar refractivity (Wildman–Crippen MR) is 75.7 cm³/mol.